The number of halogens is 3. The van der Waals surface area contributed by atoms with Crippen molar-refractivity contribution in [2.75, 3.05) is 0 Å². The number of alkyl halides is 3. The SMILES string of the molecule is FC(F)(F)C1(c2ccccc2)SC=CS1. The maximum absolute atomic E-state index is 13.0. The standard InChI is InChI=1S/C10H7F3S2/c11-10(12,13)9(14-6-7-15-9)8-4-2-1-3-5-8/h1-7H. The molecule has 0 spiro atoms. The average Bonchev–Trinajstić information content (AvgIpc) is 2.68. The van der Waals surface area contributed by atoms with E-state index in [9.17, 15) is 13.2 Å². The molecule has 0 nitrogen and oxygen atoms in total. The van der Waals surface area contributed by atoms with Gasteiger partial charge in [0.2, 0.25) is 0 Å². The minimum Gasteiger partial charge on any atom is -0.168 e. The zero-order valence-electron chi connectivity index (χ0n) is 7.49. The molecular formula is C10H7F3S2. The molecule has 0 N–H and O–H groups in total. The fourth-order valence-corrected chi connectivity index (χ4v) is 3.56. The highest BCUT2D eigenvalue weighted by Gasteiger charge is 2.58. The van der Waals surface area contributed by atoms with Crippen molar-refractivity contribution in [3.05, 3.63) is 46.7 Å². The van der Waals surface area contributed by atoms with Crippen molar-refractivity contribution in [2.45, 2.75) is 10.3 Å². The Morgan fingerprint density at radius 2 is 1.47 bits per heavy atom. The Morgan fingerprint density at radius 3 is 1.93 bits per heavy atom. The molecule has 0 saturated carbocycles. The topological polar surface area (TPSA) is 0 Å². The van der Waals surface area contributed by atoms with Crippen LogP contribution in [-0.4, -0.2) is 6.18 Å². The molecule has 0 aliphatic carbocycles. The molecule has 1 aromatic rings. The summed E-state index contributed by atoms with van der Waals surface area (Å²) in [7, 11) is 0. The highest BCUT2D eigenvalue weighted by Crippen LogP contribution is 2.61. The molecule has 15 heavy (non-hydrogen) atoms. The molecule has 5 heteroatoms. The van der Waals surface area contributed by atoms with E-state index in [1.807, 2.05) is 0 Å². The second-order valence-corrected chi connectivity index (χ2v) is 5.49. The zero-order chi connectivity index (χ0) is 10.9. The normalized spacial score (nSPS) is 19.4. The Bertz CT molecular complexity index is 362. The molecule has 80 valence electrons. The van der Waals surface area contributed by atoms with Gasteiger partial charge < -0.3 is 0 Å². The largest absolute Gasteiger partial charge is 0.417 e. The second-order valence-electron chi connectivity index (χ2n) is 2.99. The van der Waals surface area contributed by atoms with Gasteiger partial charge in [-0.15, -0.1) is 23.5 Å². The lowest BCUT2D eigenvalue weighted by atomic mass is 10.1. The molecule has 0 fully saturated rings. The molecule has 0 amide bonds. The van der Waals surface area contributed by atoms with E-state index >= 15 is 0 Å². The van der Waals surface area contributed by atoms with Crippen LogP contribution in [0.1, 0.15) is 5.56 Å². The molecule has 1 aliphatic rings. The molecule has 0 unspecified atom stereocenters. The lowest BCUT2D eigenvalue weighted by Crippen LogP contribution is -2.34. The molecule has 0 aromatic heterocycles. The van der Waals surface area contributed by atoms with Gasteiger partial charge in [-0.05, 0) is 16.4 Å². The van der Waals surface area contributed by atoms with E-state index in [-0.39, 0.29) is 5.56 Å². The lowest BCUT2D eigenvalue weighted by molar-refractivity contribution is -0.138. The van der Waals surface area contributed by atoms with E-state index in [1.165, 1.54) is 22.9 Å². The molecule has 0 bridgehead atoms. The Kier molecular flexibility index (Phi) is 2.77. The van der Waals surface area contributed by atoms with Gasteiger partial charge in [-0.3, -0.25) is 0 Å². The van der Waals surface area contributed by atoms with Gasteiger partial charge >= 0.3 is 6.18 Å². The molecule has 2 rings (SSSR count). The number of hydrogen-bond acceptors (Lipinski definition) is 2. The van der Waals surface area contributed by atoms with Crippen molar-refractivity contribution in [3.8, 4) is 0 Å². The number of benzene rings is 1. The minimum absolute atomic E-state index is 0.289. The van der Waals surface area contributed by atoms with E-state index in [0.29, 0.717) is 0 Å². The van der Waals surface area contributed by atoms with Gasteiger partial charge in [-0.2, -0.15) is 13.2 Å². The van der Waals surface area contributed by atoms with Crippen molar-refractivity contribution in [1.29, 1.82) is 0 Å². The first-order valence-electron chi connectivity index (χ1n) is 4.19. The van der Waals surface area contributed by atoms with Gasteiger partial charge in [0.25, 0.3) is 0 Å². The van der Waals surface area contributed by atoms with Crippen molar-refractivity contribution in [2.24, 2.45) is 0 Å². The lowest BCUT2D eigenvalue weighted by Gasteiger charge is -2.29. The fraction of sp³-hybridized carbons (Fsp3) is 0.200. The Hall–Kier alpha value is -0.550. The van der Waals surface area contributed by atoms with E-state index < -0.39 is 10.3 Å². The third-order valence-electron chi connectivity index (χ3n) is 2.05. The quantitative estimate of drug-likeness (QED) is 0.724. The van der Waals surface area contributed by atoms with E-state index in [1.54, 1.807) is 18.2 Å². The van der Waals surface area contributed by atoms with Crippen LogP contribution in [0.25, 0.3) is 0 Å². The minimum atomic E-state index is -4.26. The summed E-state index contributed by atoms with van der Waals surface area (Å²) in [6, 6.07) is 8.00. The first-order valence-corrected chi connectivity index (χ1v) is 5.95. The van der Waals surface area contributed by atoms with E-state index in [0.717, 1.165) is 23.5 Å². The van der Waals surface area contributed by atoms with Gasteiger partial charge in [-0.25, -0.2) is 0 Å². The summed E-state index contributed by atoms with van der Waals surface area (Å²) in [6.45, 7) is 0. The molecular weight excluding hydrogens is 241 g/mol. The van der Waals surface area contributed by atoms with E-state index in [2.05, 4.69) is 0 Å². The summed E-state index contributed by atoms with van der Waals surface area (Å²) in [5.41, 5.74) is 0.289. The summed E-state index contributed by atoms with van der Waals surface area (Å²) >= 11 is 1.61. The zero-order valence-corrected chi connectivity index (χ0v) is 9.12. The van der Waals surface area contributed by atoms with Crippen LogP contribution >= 0.6 is 23.5 Å². The van der Waals surface area contributed by atoms with Gasteiger partial charge in [0.15, 0.2) is 4.08 Å². The maximum atomic E-state index is 13.0. The van der Waals surface area contributed by atoms with Crippen molar-refractivity contribution in [3.63, 3.8) is 0 Å². The second kappa shape index (κ2) is 3.79. The summed E-state index contributed by atoms with van der Waals surface area (Å²) in [5, 5.41) is 2.98. The first-order chi connectivity index (χ1) is 7.06. The summed E-state index contributed by atoms with van der Waals surface area (Å²) in [5.74, 6) is 0. The van der Waals surface area contributed by atoms with Crippen LogP contribution in [0, 0.1) is 0 Å². The van der Waals surface area contributed by atoms with Crippen LogP contribution in [0.2, 0.25) is 0 Å². The number of hydrogen-bond donors (Lipinski definition) is 0. The van der Waals surface area contributed by atoms with Gasteiger partial charge in [0.05, 0.1) is 0 Å². The maximum Gasteiger partial charge on any atom is 0.417 e. The highest BCUT2D eigenvalue weighted by atomic mass is 32.2. The predicted octanol–water partition coefficient (Wildman–Crippen LogP) is 4.35. The van der Waals surface area contributed by atoms with Crippen LogP contribution in [0.15, 0.2) is 41.1 Å². The molecule has 1 aliphatic heterocycles. The third-order valence-corrected chi connectivity index (χ3v) is 4.94. The molecule has 1 aromatic carbocycles. The van der Waals surface area contributed by atoms with Crippen molar-refractivity contribution < 1.29 is 13.2 Å². The Labute approximate surface area is 93.9 Å². The van der Waals surface area contributed by atoms with Crippen molar-refractivity contribution in [1.82, 2.24) is 0 Å². The molecule has 0 saturated heterocycles. The number of thioether (sulfide) groups is 2. The van der Waals surface area contributed by atoms with Crippen LogP contribution in [-0.2, 0) is 4.08 Å². The molecule has 0 atom stereocenters. The highest BCUT2D eigenvalue weighted by molar-refractivity contribution is 8.23. The van der Waals surface area contributed by atoms with Gasteiger partial charge in [0, 0.05) is 0 Å². The summed E-state index contributed by atoms with van der Waals surface area (Å²) in [4.78, 5) is 0. The summed E-state index contributed by atoms with van der Waals surface area (Å²) in [6.07, 6.45) is -4.26. The van der Waals surface area contributed by atoms with Crippen LogP contribution in [0.5, 0.6) is 0 Å². The smallest absolute Gasteiger partial charge is 0.168 e. The monoisotopic (exact) mass is 248 g/mol. The average molecular weight is 248 g/mol. The Morgan fingerprint density at radius 1 is 0.933 bits per heavy atom. The van der Waals surface area contributed by atoms with Crippen LogP contribution in [0.4, 0.5) is 13.2 Å². The first kappa shape index (κ1) is 11.0. The third kappa shape index (κ3) is 1.78. The van der Waals surface area contributed by atoms with Gasteiger partial charge in [-0.1, -0.05) is 30.3 Å². The Balaban J connectivity index is 2.45. The van der Waals surface area contributed by atoms with Gasteiger partial charge in [0.1, 0.15) is 0 Å². The molecule has 1 heterocycles. The van der Waals surface area contributed by atoms with E-state index in [4.69, 9.17) is 0 Å². The molecule has 0 radical (unpaired) electrons. The fourth-order valence-electron chi connectivity index (χ4n) is 1.37. The van der Waals surface area contributed by atoms with Crippen LogP contribution in [0.3, 0.4) is 0 Å². The van der Waals surface area contributed by atoms with Crippen LogP contribution < -0.4 is 0 Å². The van der Waals surface area contributed by atoms with Crippen molar-refractivity contribution >= 4 is 23.5 Å². The number of rotatable bonds is 1. The predicted molar refractivity (Wildman–Crippen MR) is 58.5 cm³/mol. The summed E-state index contributed by atoms with van der Waals surface area (Å²) < 4.78 is 37.2.